The predicted octanol–water partition coefficient (Wildman–Crippen LogP) is 3.09. The van der Waals surface area contributed by atoms with Crippen LogP contribution in [0.25, 0.3) is 10.2 Å². The Bertz CT molecular complexity index is 683. The number of ether oxygens (including phenoxy) is 1. The fourth-order valence-corrected chi connectivity index (χ4v) is 4.34. The summed E-state index contributed by atoms with van der Waals surface area (Å²) >= 11 is 1.72. The Labute approximate surface area is 159 Å². The van der Waals surface area contributed by atoms with Crippen molar-refractivity contribution in [2.75, 3.05) is 32.8 Å². The van der Waals surface area contributed by atoms with Gasteiger partial charge in [0.2, 0.25) is 5.91 Å². The number of rotatable bonds is 8. The summed E-state index contributed by atoms with van der Waals surface area (Å²) in [5.74, 6) is 0.765. The maximum absolute atomic E-state index is 12.1. The van der Waals surface area contributed by atoms with Gasteiger partial charge in [0.25, 0.3) is 0 Å². The molecular weight excluding hydrogens is 346 g/mol. The Balaban J connectivity index is 1.35. The van der Waals surface area contributed by atoms with Gasteiger partial charge in [0, 0.05) is 32.6 Å². The standard InChI is InChI=1S/C20H29N3O2S/c1-15(2)13-23-10-11-25-16(14-23)12-21-19(24)8-5-9-20-22-17-6-3-4-7-18(17)26-20/h3-4,6-7,15-16H,5,8-14H2,1-2H3,(H,21,24). The molecule has 6 heteroatoms. The largest absolute Gasteiger partial charge is 0.374 e. The summed E-state index contributed by atoms with van der Waals surface area (Å²) in [7, 11) is 0. The maximum Gasteiger partial charge on any atom is 0.220 e. The third-order valence-corrected chi connectivity index (χ3v) is 5.60. The molecular formula is C20H29N3O2S. The SMILES string of the molecule is CC(C)CN1CCOC(CNC(=O)CCCc2nc3ccccc3s2)C1. The van der Waals surface area contributed by atoms with E-state index < -0.39 is 0 Å². The molecule has 26 heavy (non-hydrogen) atoms. The molecule has 1 fully saturated rings. The first-order valence-electron chi connectivity index (χ1n) is 9.55. The minimum Gasteiger partial charge on any atom is -0.374 e. The number of aryl methyl sites for hydroxylation is 1. The molecule has 2 aromatic rings. The molecule has 142 valence electrons. The lowest BCUT2D eigenvalue weighted by atomic mass is 10.1. The van der Waals surface area contributed by atoms with Gasteiger partial charge < -0.3 is 10.1 Å². The van der Waals surface area contributed by atoms with Gasteiger partial charge in [-0.05, 0) is 30.9 Å². The lowest BCUT2D eigenvalue weighted by Crippen LogP contribution is -2.48. The minimum atomic E-state index is 0.107. The summed E-state index contributed by atoms with van der Waals surface area (Å²) in [5, 5.41) is 4.14. The van der Waals surface area contributed by atoms with Crippen LogP contribution in [0.1, 0.15) is 31.7 Å². The molecule has 1 aliphatic rings. The van der Waals surface area contributed by atoms with Crippen molar-refractivity contribution in [2.24, 2.45) is 5.92 Å². The summed E-state index contributed by atoms with van der Waals surface area (Å²) in [4.78, 5) is 19.2. The molecule has 0 bridgehead atoms. The van der Waals surface area contributed by atoms with Crippen molar-refractivity contribution in [1.29, 1.82) is 0 Å². The molecule has 1 saturated heterocycles. The van der Waals surface area contributed by atoms with Crippen molar-refractivity contribution in [3.63, 3.8) is 0 Å². The lowest BCUT2D eigenvalue weighted by Gasteiger charge is -2.33. The van der Waals surface area contributed by atoms with Gasteiger partial charge in [0.05, 0.1) is 27.9 Å². The quantitative estimate of drug-likeness (QED) is 0.770. The first-order valence-corrected chi connectivity index (χ1v) is 10.4. The highest BCUT2D eigenvalue weighted by atomic mass is 32.1. The van der Waals surface area contributed by atoms with Crippen LogP contribution < -0.4 is 5.32 Å². The average Bonchev–Trinajstić information content (AvgIpc) is 3.02. The van der Waals surface area contributed by atoms with Gasteiger partial charge in [-0.15, -0.1) is 11.3 Å². The van der Waals surface area contributed by atoms with E-state index in [0.29, 0.717) is 18.9 Å². The van der Waals surface area contributed by atoms with E-state index in [1.165, 1.54) is 4.70 Å². The van der Waals surface area contributed by atoms with Crippen molar-refractivity contribution in [2.45, 2.75) is 39.2 Å². The fourth-order valence-electron chi connectivity index (χ4n) is 3.33. The number of benzene rings is 1. The van der Waals surface area contributed by atoms with Crippen LogP contribution in [-0.4, -0.2) is 54.7 Å². The molecule has 0 spiro atoms. The number of para-hydroxylation sites is 1. The number of nitrogens with one attached hydrogen (secondary N) is 1. The lowest BCUT2D eigenvalue weighted by molar-refractivity contribution is -0.122. The normalized spacial score (nSPS) is 18.5. The summed E-state index contributed by atoms with van der Waals surface area (Å²) in [5.41, 5.74) is 1.05. The van der Waals surface area contributed by atoms with Crippen LogP contribution in [0.2, 0.25) is 0 Å². The van der Waals surface area contributed by atoms with Gasteiger partial charge in [0.1, 0.15) is 0 Å². The van der Waals surface area contributed by atoms with Crippen LogP contribution in [0.5, 0.6) is 0 Å². The molecule has 1 atom stereocenters. The van der Waals surface area contributed by atoms with Crippen molar-refractivity contribution >= 4 is 27.5 Å². The molecule has 1 amide bonds. The highest BCUT2D eigenvalue weighted by Crippen LogP contribution is 2.22. The molecule has 0 saturated carbocycles. The molecule has 1 aromatic heterocycles. The Morgan fingerprint density at radius 3 is 3.08 bits per heavy atom. The number of morpholine rings is 1. The zero-order valence-corrected chi connectivity index (χ0v) is 16.6. The molecule has 5 nitrogen and oxygen atoms in total. The maximum atomic E-state index is 12.1. The second-order valence-electron chi connectivity index (χ2n) is 7.38. The number of hydrogen-bond donors (Lipinski definition) is 1. The van der Waals surface area contributed by atoms with Gasteiger partial charge in [-0.25, -0.2) is 4.98 Å². The van der Waals surface area contributed by atoms with Gasteiger partial charge in [-0.3, -0.25) is 9.69 Å². The van der Waals surface area contributed by atoms with Crippen molar-refractivity contribution < 1.29 is 9.53 Å². The van der Waals surface area contributed by atoms with Crippen LogP contribution in [0, 0.1) is 5.92 Å². The number of carbonyl (C=O) groups is 1. The summed E-state index contributed by atoms with van der Waals surface area (Å²) in [6.07, 6.45) is 2.33. The number of hydrogen-bond acceptors (Lipinski definition) is 5. The molecule has 1 aromatic carbocycles. The van der Waals surface area contributed by atoms with E-state index in [4.69, 9.17) is 4.74 Å². The number of thiazole rings is 1. The zero-order chi connectivity index (χ0) is 18.4. The Morgan fingerprint density at radius 2 is 2.27 bits per heavy atom. The van der Waals surface area contributed by atoms with E-state index in [2.05, 4.69) is 35.1 Å². The number of carbonyl (C=O) groups excluding carboxylic acids is 1. The van der Waals surface area contributed by atoms with Gasteiger partial charge in [0.15, 0.2) is 0 Å². The number of amides is 1. The van der Waals surface area contributed by atoms with Crippen LogP contribution in [-0.2, 0) is 16.0 Å². The van der Waals surface area contributed by atoms with Crippen LogP contribution >= 0.6 is 11.3 Å². The first kappa shape index (κ1) is 19.3. The predicted molar refractivity (Wildman–Crippen MR) is 107 cm³/mol. The smallest absolute Gasteiger partial charge is 0.220 e. The van der Waals surface area contributed by atoms with E-state index in [0.717, 1.165) is 49.6 Å². The highest BCUT2D eigenvalue weighted by Gasteiger charge is 2.21. The van der Waals surface area contributed by atoms with Crippen molar-refractivity contribution in [1.82, 2.24) is 15.2 Å². The average molecular weight is 376 g/mol. The highest BCUT2D eigenvalue weighted by molar-refractivity contribution is 7.18. The van der Waals surface area contributed by atoms with Gasteiger partial charge in [-0.1, -0.05) is 26.0 Å². The molecule has 3 rings (SSSR count). The van der Waals surface area contributed by atoms with Crippen molar-refractivity contribution in [3.05, 3.63) is 29.3 Å². The monoisotopic (exact) mass is 375 g/mol. The van der Waals surface area contributed by atoms with Crippen LogP contribution in [0.3, 0.4) is 0 Å². The molecule has 0 radical (unpaired) electrons. The van der Waals surface area contributed by atoms with E-state index >= 15 is 0 Å². The first-order chi connectivity index (χ1) is 12.6. The van der Waals surface area contributed by atoms with E-state index in [1.807, 2.05) is 18.2 Å². The minimum absolute atomic E-state index is 0.107. The summed E-state index contributed by atoms with van der Waals surface area (Å²) < 4.78 is 7.00. The number of fused-ring (bicyclic) bond motifs is 1. The fraction of sp³-hybridized carbons (Fsp3) is 0.600. The van der Waals surface area contributed by atoms with E-state index in [-0.39, 0.29) is 12.0 Å². The Morgan fingerprint density at radius 1 is 1.42 bits per heavy atom. The molecule has 1 unspecified atom stereocenters. The molecule has 1 aliphatic heterocycles. The number of nitrogens with zero attached hydrogens (tertiary/aromatic N) is 2. The third-order valence-electron chi connectivity index (χ3n) is 4.51. The van der Waals surface area contributed by atoms with Crippen molar-refractivity contribution in [3.8, 4) is 0 Å². The third kappa shape index (κ3) is 5.76. The van der Waals surface area contributed by atoms with Gasteiger partial charge >= 0.3 is 0 Å². The molecule has 2 heterocycles. The van der Waals surface area contributed by atoms with Gasteiger partial charge in [-0.2, -0.15) is 0 Å². The Hall–Kier alpha value is -1.50. The van der Waals surface area contributed by atoms with E-state index in [9.17, 15) is 4.79 Å². The number of aromatic nitrogens is 1. The van der Waals surface area contributed by atoms with Crippen LogP contribution in [0.15, 0.2) is 24.3 Å². The molecule has 1 N–H and O–H groups in total. The molecule has 0 aliphatic carbocycles. The topological polar surface area (TPSA) is 54.5 Å². The van der Waals surface area contributed by atoms with E-state index in [1.54, 1.807) is 11.3 Å². The van der Waals surface area contributed by atoms with Crippen LogP contribution in [0.4, 0.5) is 0 Å². The Kier molecular flexibility index (Phi) is 7.00. The summed E-state index contributed by atoms with van der Waals surface area (Å²) in [6.45, 7) is 8.82. The summed E-state index contributed by atoms with van der Waals surface area (Å²) in [6, 6.07) is 8.17. The zero-order valence-electron chi connectivity index (χ0n) is 15.7. The second-order valence-corrected chi connectivity index (χ2v) is 8.49. The second kappa shape index (κ2) is 9.44.